The molecule has 2 unspecified atom stereocenters. The average Bonchev–Trinajstić information content (AvgIpc) is 2.78. The van der Waals surface area contributed by atoms with E-state index < -0.39 is 0 Å². The highest BCUT2D eigenvalue weighted by Gasteiger charge is 2.29. The predicted molar refractivity (Wildman–Crippen MR) is 66.4 cm³/mol. The molecule has 0 radical (unpaired) electrons. The van der Waals surface area contributed by atoms with E-state index in [1.807, 2.05) is 6.07 Å². The first kappa shape index (κ1) is 12.5. The number of halogens is 1. The third-order valence-corrected chi connectivity index (χ3v) is 3.22. The molecule has 17 heavy (non-hydrogen) atoms. The third kappa shape index (κ3) is 3.27. The Balaban J connectivity index is 1.99. The number of ether oxygens (including phenoxy) is 1. The Kier molecular flexibility index (Phi) is 4.51. The lowest BCUT2D eigenvalue weighted by Crippen LogP contribution is -2.25. The Hall–Kier alpha value is -0.930. The molecular formula is C14H20FNO. The molecule has 1 aliphatic rings. The molecule has 1 heterocycles. The van der Waals surface area contributed by atoms with Crippen LogP contribution in [0.15, 0.2) is 24.3 Å². The van der Waals surface area contributed by atoms with Gasteiger partial charge in [-0.3, -0.25) is 0 Å². The summed E-state index contributed by atoms with van der Waals surface area (Å²) >= 11 is 0. The molecule has 2 atom stereocenters. The van der Waals surface area contributed by atoms with Gasteiger partial charge in [0.05, 0.1) is 6.10 Å². The van der Waals surface area contributed by atoms with E-state index in [0.29, 0.717) is 5.92 Å². The fraction of sp³-hybridized carbons (Fsp3) is 0.571. The van der Waals surface area contributed by atoms with Crippen LogP contribution in [-0.4, -0.2) is 19.7 Å². The van der Waals surface area contributed by atoms with E-state index in [4.69, 9.17) is 4.74 Å². The van der Waals surface area contributed by atoms with E-state index in [-0.39, 0.29) is 11.9 Å². The highest BCUT2D eigenvalue weighted by atomic mass is 19.1. The SMILES string of the molecule is CCCNCC1CCOC1c1cccc(F)c1. The molecule has 0 bridgehead atoms. The summed E-state index contributed by atoms with van der Waals surface area (Å²) in [6.45, 7) is 4.92. The van der Waals surface area contributed by atoms with Gasteiger partial charge in [-0.15, -0.1) is 0 Å². The minimum atomic E-state index is -0.182. The molecule has 1 aliphatic heterocycles. The molecule has 2 nitrogen and oxygen atoms in total. The maximum Gasteiger partial charge on any atom is 0.123 e. The summed E-state index contributed by atoms with van der Waals surface area (Å²) in [5.74, 6) is 0.279. The second-order valence-electron chi connectivity index (χ2n) is 4.60. The van der Waals surface area contributed by atoms with Crippen LogP contribution in [0.4, 0.5) is 4.39 Å². The van der Waals surface area contributed by atoms with Crippen molar-refractivity contribution in [1.82, 2.24) is 5.32 Å². The highest BCUT2D eigenvalue weighted by molar-refractivity contribution is 5.20. The fourth-order valence-electron chi connectivity index (χ4n) is 2.36. The van der Waals surface area contributed by atoms with E-state index in [1.165, 1.54) is 6.07 Å². The van der Waals surface area contributed by atoms with Crippen molar-refractivity contribution in [3.05, 3.63) is 35.6 Å². The van der Waals surface area contributed by atoms with Crippen molar-refractivity contribution in [1.29, 1.82) is 0 Å². The fourth-order valence-corrected chi connectivity index (χ4v) is 2.36. The quantitative estimate of drug-likeness (QED) is 0.795. The van der Waals surface area contributed by atoms with Crippen LogP contribution in [0.1, 0.15) is 31.4 Å². The number of rotatable bonds is 5. The van der Waals surface area contributed by atoms with Crippen LogP contribution >= 0.6 is 0 Å². The van der Waals surface area contributed by atoms with Crippen molar-refractivity contribution in [3.8, 4) is 0 Å². The molecular weight excluding hydrogens is 217 g/mol. The van der Waals surface area contributed by atoms with E-state index in [1.54, 1.807) is 12.1 Å². The van der Waals surface area contributed by atoms with Gasteiger partial charge in [0.1, 0.15) is 5.82 Å². The van der Waals surface area contributed by atoms with Gasteiger partial charge < -0.3 is 10.1 Å². The maximum absolute atomic E-state index is 13.2. The minimum absolute atomic E-state index is 0.0510. The van der Waals surface area contributed by atoms with Gasteiger partial charge in [-0.25, -0.2) is 4.39 Å². The first-order chi connectivity index (χ1) is 8.31. The largest absolute Gasteiger partial charge is 0.373 e. The Morgan fingerprint density at radius 3 is 3.12 bits per heavy atom. The summed E-state index contributed by atoms with van der Waals surface area (Å²) in [5, 5.41) is 3.42. The first-order valence-corrected chi connectivity index (χ1v) is 6.39. The summed E-state index contributed by atoms with van der Waals surface area (Å²) in [4.78, 5) is 0. The summed E-state index contributed by atoms with van der Waals surface area (Å²) in [7, 11) is 0. The highest BCUT2D eigenvalue weighted by Crippen LogP contribution is 2.34. The molecule has 1 aromatic carbocycles. The lowest BCUT2D eigenvalue weighted by Gasteiger charge is -2.19. The number of hydrogen-bond acceptors (Lipinski definition) is 2. The van der Waals surface area contributed by atoms with Crippen molar-refractivity contribution < 1.29 is 9.13 Å². The smallest absolute Gasteiger partial charge is 0.123 e. The van der Waals surface area contributed by atoms with Crippen LogP contribution in [0.3, 0.4) is 0 Å². The van der Waals surface area contributed by atoms with Crippen molar-refractivity contribution >= 4 is 0 Å². The van der Waals surface area contributed by atoms with Crippen molar-refractivity contribution in [2.45, 2.75) is 25.9 Å². The Labute approximate surface area is 102 Å². The second-order valence-corrected chi connectivity index (χ2v) is 4.60. The van der Waals surface area contributed by atoms with E-state index >= 15 is 0 Å². The van der Waals surface area contributed by atoms with Crippen LogP contribution < -0.4 is 5.32 Å². The Morgan fingerprint density at radius 1 is 1.47 bits per heavy atom. The summed E-state index contributed by atoms with van der Waals surface area (Å²) < 4.78 is 18.9. The molecule has 1 fully saturated rings. The van der Waals surface area contributed by atoms with Crippen LogP contribution in [0.2, 0.25) is 0 Å². The summed E-state index contributed by atoms with van der Waals surface area (Å²) in [6.07, 6.45) is 2.24. The maximum atomic E-state index is 13.2. The molecule has 1 aromatic rings. The Morgan fingerprint density at radius 2 is 2.35 bits per heavy atom. The zero-order chi connectivity index (χ0) is 12.1. The van der Waals surface area contributed by atoms with E-state index in [2.05, 4.69) is 12.2 Å². The number of nitrogens with one attached hydrogen (secondary N) is 1. The van der Waals surface area contributed by atoms with Gasteiger partial charge in [0.2, 0.25) is 0 Å². The predicted octanol–water partition coefficient (Wildman–Crippen LogP) is 2.90. The molecule has 94 valence electrons. The summed E-state index contributed by atoms with van der Waals surface area (Å²) in [6, 6.07) is 6.76. The van der Waals surface area contributed by atoms with Crippen molar-refractivity contribution in [2.75, 3.05) is 19.7 Å². The molecule has 2 rings (SSSR count). The monoisotopic (exact) mass is 237 g/mol. The van der Waals surface area contributed by atoms with Gasteiger partial charge in [0.25, 0.3) is 0 Å². The Bertz CT molecular complexity index is 356. The topological polar surface area (TPSA) is 21.3 Å². The third-order valence-electron chi connectivity index (χ3n) is 3.22. The number of benzene rings is 1. The zero-order valence-corrected chi connectivity index (χ0v) is 10.3. The summed E-state index contributed by atoms with van der Waals surface area (Å²) in [5.41, 5.74) is 0.964. The van der Waals surface area contributed by atoms with Crippen LogP contribution in [0.5, 0.6) is 0 Å². The van der Waals surface area contributed by atoms with Gasteiger partial charge >= 0.3 is 0 Å². The van der Waals surface area contributed by atoms with E-state index in [9.17, 15) is 4.39 Å². The van der Waals surface area contributed by atoms with E-state index in [0.717, 1.165) is 38.1 Å². The lowest BCUT2D eigenvalue weighted by molar-refractivity contribution is 0.0903. The molecule has 0 spiro atoms. The van der Waals surface area contributed by atoms with Crippen molar-refractivity contribution in [3.63, 3.8) is 0 Å². The minimum Gasteiger partial charge on any atom is -0.373 e. The van der Waals surface area contributed by atoms with Crippen LogP contribution in [-0.2, 0) is 4.74 Å². The molecule has 1 saturated heterocycles. The van der Waals surface area contributed by atoms with Gasteiger partial charge in [-0.2, -0.15) is 0 Å². The van der Waals surface area contributed by atoms with Crippen LogP contribution in [0.25, 0.3) is 0 Å². The molecule has 0 aromatic heterocycles. The number of hydrogen-bond donors (Lipinski definition) is 1. The second kappa shape index (κ2) is 6.12. The standard InChI is InChI=1S/C14H20FNO/c1-2-7-16-10-12-6-8-17-14(12)11-4-3-5-13(15)9-11/h3-5,9,12,14,16H,2,6-8,10H2,1H3. The molecule has 0 aliphatic carbocycles. The first-order valence-electron chi connectivity index (χ1n) is 6.39. The molecule has 0 saturated carbocycles. The van der Waals surface area contributed by atoms with Crippen LogP contribution in [0, 0.1) is 11.7 Å². The van der Waals surface area contributed by atoms with Gasteiger partial charge in [0, 0.05) is 19.1 Å². The van der Waals surface area contributed by atoms with Gasteiger partial charge in [-0.1, -0.05) is 19.1 Å². The molecule has 3 heteroatoms. The molecule has 1 N–H and O–H groups in total. The van der Waals surface area contributed by atoms with Crippen molar-refractivity contribution in [2.24, 2.45) is 5.92 Å². The lowest BCUT2D eigenvalue weighted by atomic mass is 9.95. The molecule has 0 amide bonds. The average molecular weight is 237 g/mol. The normalized spacial score (nSPS) is 24.1. The van der Waals surface area contributed by atoms with Gasteiger partial charge in [-0.05, 0) is 37.1 Å². The zero-order valence-electron chi connectivity index (χ0n) is 10.3. The van der Waals surface area contributed by atoms with Gasteiger partial charge in [0.15, 0.2) is 0 Å².